The predicted molar refractivity (Wildman–Crippen MR) is 136 cm³/mol. The Bertz CT molecular complexity index is 1060. The summed E-state index contributed by atoms with van der Waals surface area (Å²) in [5, 5.41) is 4.61. The molecule has 0 aliphatic rings. The van der Waals surface area contributed by atoms with E-state index in [9.17, 15) is 27.6 Å². The monoisotopic (exact) mass is 521 g/mol. The van der Waals surface area contributed by atoms with Gasteiger partial charge in [-0.3, -0.25) is 14.4 Å². The molecule has 0 heterocycles. The molecule has 0 aliphatic carbocycles. The van der Waals surface area contributed by atoms with Crippen molar-refractivity contribution in [3.05, 3.63) is 65.7 Å². The Morgan fingerprint density at radius 3 is 2.03 bits per heavy atom. The number of likely N-dealkylation sites (N-methyl/N-ethyl adjacent to an activating group) is 1. The molecular weight excluding hydrogens is 485 g/mol. The Balaban J connectivity index is 2.24. The van der Waals surface area contributed by atoms with Crippen molar-refractivity contribution in [2.75, 3.05) is 18.9 Å². The smallest absolute Gasteiger partial charge is 0.336 e. The van der Waals surface area contributed by atoms with Crippen LogP contribution < -0.4 is 16.1 Å². The number of alkyl halides is 3. The molecule has 7 nitrogen and oxygen atoms in total. The summed E-state index contributed by atoms with van der Waals surface area (Å²) in [6.45, 7) is 7.58. The summed E-state index contributed by atoms with van der Waals surface area (Å²) >= 11 is 0. The second kappa shape index (κ2) is 12.7. The molecule has 0 saturated heterocycles. The standard InChI is InChI=1S/C27H35F3N4O3/c1-18(2)15-23(32-26(37)27(28,29)30)25(36)33-34(5,16-20-9-7-6-8-10-20)17-24(35)31-22-13-11-21(12-14-22)19(3)4/h6-14,18-19,23H,15-17H2,1-5H3,(H2-,31,32,33,35,36,37)/p+1/t23-,34?/m0/s1. The van der Waals surface area contributed by atoms with E-state index in [2.05, 4.69) is 24.6 Å². The maximum Gasteiger partial charge on any atom is 0.471 e. The van der Waals surface area contributed by atoms with Gasteiger partial charge in [0.1, 0.15) is 12.6 Å². The SMILES string of the molecule is CC(C)C[C@H](NC(=O)C(F)(F)F)C(=O)N[N+](C)(CC(=O)Nc1ccc(C(C)C)cc1)Cc1ccccc1. The summed E-state index contributed by atoms with van der Waals surface area (Å²) in [5.74, 6) is -3.22. The van der Waals surface area contributed by atoms with Crippen LogP contribution in [0.15, 0.2) is 54.6 Å². The molecule has 2 atom stereocenters. The number of quaternary nitrogens is 1. The minimum Gasteiger partial charge on any atom is -0.336 e. The van der Waals surface area contributed by atoms with Crippen LogP contribution in [0.25, 0.3) is 0 Å². The van der Waals surface area contributed by atoms with E-state index in [0.29, 0.717) is 11.6 Å². The van der Waals surface area contributed by atoms with Crippen molar-refractivity contribution >= 4 is 23.4 Å². The number of nitrogens with one attached hydrogen (secondary N) is 3. The molecule has 0 saturated carbocycles. The van der Waals surface area contributed by atoms with E-state index >= 15 is 0 Å². The second-order valence-corrected chi connectivity index (χ2v) is 10.2. The molecule has 37 heavy (non-hydrogen) atoms. The van der Waals surface area contributed by atoms with Crippen molar-refractivity contribution in [3.8, 4) is 0 Å². The van der Waals surface area contributed by atoms with Crippen molar-refractivity contribution in [2.24, 2.45) is 5.92 Å². The second-order valence-electron chi connectivity index (χ2n) is 10.2. The molecule has 3 amide bonds. The van der Waals surface area contributed by atoms with Gasteiger partial charge in [-0.05, 0) is 36.0 Å². The summed E-state index contributed by atoms with van der Waals surface area (Å²) in [5.41, 5.74) is 5.21. The molecule has 2 rings (SSSR count). The lowest BCUT2D eigenvalue weighted by molar-refractivity contribution is -0.949. The number of nitrogens with zero attached hydrogens (tertiary/aromatic N) is 1. The van der Waals surface area contributed by atoms with Crippen LogP contribution in [0, 0.1) is 5.92 Å². The lowest BCUT2D eigenvalue weighted by Gasteiger charge is -2.34. The number of carbonyl (C=O) groups is 3. The van der Waals surface area contributed by atoms with Gasteiger partial charge in [0.2, 0.25) is 0 Å². The zero-order valence-corrected chi connectivity index (χ0v) is 21.9. The zero-order valence-electron chi connectivity index (χ0n) is 21.9. The quantitative estimate of drug-likeness (QED) is 0.300. The van der Waals surface area contributed by atoms with Gasteiger partial charge < -0.3 is 10.6 Å². The Kier molecular flexibility index (Phi) is 10.2. The Labute approximate surface area is 216 Å². The van der Waals surface area contributed by atoms with Gasteiger partial charge in [0.05, 0.1) is 7.05 Å². The molecule has 202 valence electrons. The number of amides is 3. The number of halogens is 3. The van der Waals surface area contributed by atoms with E-state index in [1.165, 1.54) is 0 Å². The first kappa shape index (κ1) is 29.8. The molecule has 0 spiro atoms. The van der Waals surface area contributed by atoms with Gasteiger partial charge in [0, 0.05) is 11.3 Å². The highest BCUT2D eigenvalue weighted by Gasteiger charge is 2.42. The highest BCUT2D eigenvalue weighted by Crippen LogP contribution is 2.19. The Morgan fingerprint density at radius 2 is 1.51 bits per heavy atom. The first-order valence-corrected chi connectivity index (χ1v) is 12.2. The molecule has 0 aromatic heterocycles. The number of anilines is 1. The number of rotatable bonds is 11. The minimum absolute atomic E-state index is 0.00656. The van der Waals surface area contributed by atoms with Crippen molar-refractivity contribution < 1.29 is 32.1 Å². The molecule has 0 aliphatic heterocycles. The molecule has 0 fully saturated rings. The van der Waals surface area contributed by atoms with Crippen LogP contribution >= 0.6 is 0 Å². The highest BCUT2D eigenvalue weighted by atomic mass is 19.4. The Hall–Kier alpha value is -3.40. The summed E-state index contributed by atoms with van der Waals surface area (Å²) in [6.07, 6.45) is -5.13. The van der Waals surface area contributed by atoms with Gasteiger partial charge in [0.25, 0.3) is 11.8 Å². The summed E-state index contributed by atoms with van der Waals surface area (Å²) in [7, 11) is 1.60. The lowest BCUT2D eigenvalue weighted by Crippen LogP contribution is -2.63. The van der Waals surface area contributed by atoms with Gasteiger partial charge in [-0.1, -0.05) is 70.2 Å². The van der Waals surface area contributed by atoms with Gasteiger partial charge in [-0.2, -0.15) is 18.6 Å². The van der Waals surface area contributed by atoms with E-state index < -0.39 is 29.9 Å². The van der Waals surface area contributed by atoms with Crippen molar-refractivity contribution in [2.45, 2.75) is 58.8 Å². The van der Waals surface area contributed by atoms with E-state index in [0.717, 1.165) is 11.1 Å². The predicted octanol–water partition coefficient (Wildman–Crippen LogP) is 4.52. The van der Waals surface area contributed by atoms with Gasteiger partial charge in [-0.15, -0.1) is 0 Å². The van der Waals surface area contributed by atoms with Crippen molar-refractivity contribution in [1.82, 2.24) is 10.7 Å². The fourth-order valence-corrected chi connectivity index (χ4v) is 3.88. The molecule has 0 radical (unpaired) electrons. The lowest BCUT2D eigenvalue weighted by atomic mass is 10.0. The van der Waals surface area contributed by atoms with E-state index in [-0.39, 0.29) is 30.0 Å². The number of benzene rings is 2. The molecule has 0 bridgehead atoms. The minimum atomic E-state index is -5.12. The summed E-state index contributed by atoms with van der Waals surface area (Å²) in [6, 6.07) is 15.1. The molecule has 2 aromatic carbocycles. The molecule has 1 unspecified atom stereocenters. The van der Waals surface area contributed by atoms with Crippen LogP contribution in [0.3, 0.4) is 0 Å². The topological polar surface area (TPSA) is 87.3 Å². The number of hydrogen-bond acceptors (Lipinski definition) is 3. The number of hydrogen-bond donors (Lipinski definition) is 3. The number of carbonyl (C=O) groups excluding carboxylic acids is 3. The van der Waals surface area contributed by atoms with Crippen molar-refractivity contribution in [3.63, 3.8) is 0 Å². The summed E-state index contributed by atoms with van der Waals surface area (Å²) in [4.78, 5) is 37.7. The molecular formula is C27H36F3N4O3+. The van der Waals surface area contributed by atoms with E-state index in [4.69, 9.17) is 0 Å². The maximum atomic E-state index is 13.1. The molecule has 2 aromatic rings. The van der Waals surface area contributed by atoms with Crippen LogP contribution in [-0.4, -0.2) is 48.1 Å². The normalized spacial score (nSPS) is 14.1. The van der Waals surface area contributed by atoms with Gasteiger partial charge in [0.15, 0.2) is 6.54 Å². The van der Waals surface area contributed by atoms with Crippen molar-refractivity contribution in [1.29, 1.82) is 0 Å². The van der Waals surface area contributed by atoms with Crippen LogP contribution in [0.2, 0.25) is 0 Å². The van der Waals surface area contributed by atoms with E-state index in [1.807, 2.05) is 42.5 Å². The fourth-order valence-electron chi connectivity index (χ4n) is 3.88. The zero-order chi connectivity index (χ0) is 27.8. The third-order valence-electron chi connectivity index (χ3n) is 5.69. The third-order valence-corrected chi connectivity index (χ3v) is 5.69. The third kappa shape index (κ3) is 9.87. The average molecular weight is 522 g/mol. The van der Waals surface area contributed by atoms with Crippen LogP contribution in [0.4, 0.5) is 18.9 Å². The molecule has 10 heteroatoms. The average Bonchev–Trinajstić information content (AvgIpc) is 2.78. The van der Waals surface area contributed by atoms with Crippen LogP contribution in [0.1, 0.15) is 51.2 Å². The Morgan fingerprint density at radius 1 is 0.919 bits per heavy atom. The summed E-state index contributed by atoms with van der Waals surface area (Å²) < 4.78 is 38.3. The molecule has 3 N–H and O–H groups in total. The maximum absolute atomic E-state index is 13.1. The first-order chi connectivity index (χ1) is 17.2. The van der Waals surface area contributed by atoms with Gasteiger partial charge >= 0.3 is 12.1 Å². The van der Waals surface area contributed by atoms with Crippen LogP contribution in [-0.2, 0) is 20.9 Å². The van der Waals surface area contributed by atoms with Crippen LogP contribution in [0.5, 0.6) is 0 Å². The van der Waals surface area contributed by atoms with E-state index in [1.54, 1.807) is 38.3 Å². The van der Waals surface area contributed by atoms with Gasteiger partial charge in [-0.25, -0.2) is 4.59 Å². The fraction of sp³-hybridized carbons (Fsp3) is 0.444. The largest absolute Gasteiger partial charge is 0.471 e. The first-order valence-electron chi connectivity index (χ1n) is 12.2. The highest BCUT2D eigenvalue weighted by molar-refractivity contribution is 5.92.